The number of benzene rings is 1. The zero-order valence-corrected chi connectivity index (χ0v) is 22.6. The second-order valence-electron chi connectivity index (χ2n) is 10.5. The summed E-state index contributed by atoms with van der Waals surface area (Å²) < 4.78 is 39.7. The van der Waals surface area contributed by atoms with Crippen LogP contribution in [0.15, 0.2) is 40.9 Å². The van der Waals surface area contributed by atoms with Crippen molar-refractivity contribution in [3.63, 3.8) is 0 Å². The molecule has 2 fully saturated rings. The number of pyridine rings is 1. The molecule has 7 rings (SSSR count). The van der Waals surface area contributed by atoms with Gasteiger partial charge in [0.1, 0.15) is 5.82 Å². The van der Waals surface area contributed by atoms with E-state index in [2.05, 4.69) is 29.7 Å². The molecule has 0 spiro atoms. The lowest BCUT2D eigenvalue weighted by molar-refractivity contribution is 0.0364. The number of sulfonamides is 1. The van der Waals surface area contributed by atoms with E-state index in [4.69, 9.17) is 14.3 Å². The van der Waals surface area contributed by atoms with Crippen molar-refractivity contribution in [2.75, 3.05) is 59.7 Å². The molecular weight excluding hydrogens is 520 g/mol. The number of piperidine rings is 1. The van der Waals surface area contributed by atoms with Crippen LogP contribution in [-0.2, 0) is 14.8 Å². The van der Waals surface area contributed by atoms with E-state index in [9.17, 15) is 8.42 Å². The Morgan fingerprint density at radius 1 is 1.03 bits per heavy atom. The number of nitrogens with zero attached hydrogens (tertiary/aromatic N) is 5. The first-order valence-electron chi connectivity index (χ1n) is 13.6. The third-order valence-corrected chi connectivity index (χ3v) is 8.75. The fraction of sp³-hybridized carbons (Fsp3) is 0.519. The zero-order chi connectivity index (χ0) is 26.8. The van der Waals surface area contributed by atoms with E-state index in [1.165, 1.54) is 12.8 Å². The molecule has 39 heavy (non-hydrogen) atoms. The van der Waals surface area contributed by atoms with Gasteiger partial charge in [0.05, 0.1) is 35.4 Å². The predicted molar refractivity (Wildman–Crippen MR) is 148 cm³/mol. The van der Waals surface area contributed by atoms with Crippen molar-refractivity contribution in [2.24, 2.45) is 5.92 Å². The van der Waals surface area contributed by atoms with Crippen molar-refractivity contribution in [3.8, 4) is 22.9 Å². The Hall–Kier alpha value is -3.22. The summed E-state index contributed by atoms with van der Waals surface area (Å²) in [5, 5.41) is 17.8. The number of nitrogens with one attached hydrogen (secondary N) is 1. The molecule has 0 amide bonds. The molecule has 2 aromatic heterocycles. The molecule has 12 heteroatoms. The van der Waals surface area contributed by atoms with Gasteiger partial charge in [0.15, 0.2) is 0 Å². The van der Waals surface area contributed by atoms with Gasteiger partial charge in [0.2, 0.25) is 21.8 Å². The second kappa shape index (κ2) is 11.1. The summed E-state index contributed by atoms with van der Waals surface area (Å²) in [6, 6.07) is 9.15. The van der Waals surface area contributed by atoms with Gasteiger partial charge in [-0.15, -0.1) is 10.2 Å². The van der Waals surface area contributed by atoms with E-state index in [-0.39, 0.29) is 11.9 Å². The minimum absolute atomic E-state index is 0.181. The summed E-state index contributed by atoms with van der Waals surface area (Å²) in [6.45, 7) is 3.62. The average Bonchev–Trinajstić information content (AvgIpc) is 3.62. The quantitative estimate of drug-likeness (QED) is 0.468. The van der Waals surface area contributed by atoms with Crippen LogP contribution in [0.1, 0.15) is 32.1 Å². The number of fused-ring (bicyclic) bond motifs is 6. The molecule has 1 saturated heterocycles. The smallest absolute Gasteiger partial charge is 0.250 e. The molecule has 1 aliphatic carbocycles. The van der Waals surface area contributed by atoms with Crippen molar-refractivity contribution in [1.29, 1.82) is 0 Å². The van der Waals surface area contributed by atoms with Gasteiger partial charge in [0, 0.05) is 44.5 Å². The molecule has 6 bridgehead atoms. The zero-order valence-electron chi connectivity index (χ0n) is 21.8. The van der Waals surface area contributed by atoms with Gasteiger partial charge < -0.3 is 24.1 Å². The molecule has 208 valence electrons. The first-order valence-corrected chi connectivity index (χ1v) is 15.3. The molecule has 1 aromatic carbocycles. The lowest BCUT2D eigenvalue weighted by atomic mass is 10.0. The van der Waals surface area contributed by atoms with Crippen molar-refractivity contribution >= 4 is 27.2 Å². The Bertz CT molecular complexity index is 1400. The van der Waals surface area contributed by atoms with Gasteiger partial charge in [-0.1, -0.05) is 0 Å². The number of hydrogen-bond acceptors (Lipinski definition) is 10. The Morgan fingerprint density at radius 3 is 2.64 bits per heavy atom. The number of rotatable bonds is 6. The summed E-state index contributed by atoms with van der Waals surface area (Å²) in [6.07, 6.45) is 7.14. The SMILES string of the molecule is O=S(=O)(CCO)Nc1ccc2c(c1)N1CCC(CC1)OCCCN(CC1CC1)c1cc(ccn1)-c1nnc-2o1. The molecule has 5 heterocycles. The van der Waals surface area contributed by atoms with Crippen LogP contribution in [0.3, 0.4) is 0 Å². The number of hydrogen-bond donors (Lipinski definition) is 2. The fourth-order valence-corrected chi connectivity index (χ4v) is 6.07. The van der Waals surface area contributed by atoms with Crippen LogP contribution in [0.2, 0.25) is 0 Å². The third kappa shape index (κ3) is 6.18. The molecule has 0 radical (unpaired) electrons. The first-order chi connectivity index (χ1) is 19.0. The number of ether oxygens (including phenoxy) is 1. The van der Waals surface area contributed by atoms with Crippen LogP contribution in [0, 0.1) is 5.92 Å². The third-order valence-electron chi connectivity index (χ3n) is 7.49. The molecule has 3 aromatic rings. The molecule has 2 N–H and O–H groups in total. The normalized spacial score (nSPS) is 18.6. The van der Waals surface area contributed by atoms with Gasteiger partial charge >= 0.3 is 0 Å². The minimum atomic E-state index is -3.67. The highest BCUT2D eigenvalue weighted by molar-refractivity contribution is 7.92. The molecule has 3 aliphatic heterocycles. The van der Waals surface area contributed by atoms with E-state index in [1.54, 1.807) is 24.4 Å². The lowest BCUT2D eigenvalue weighted by Crippen LogP contribution is -2.37. The van der Waals surface area contributed by atoms with E-state index in [0.29, 0.717) is 24.1 Å². The second-order valence-corrected chi connectivity index (χ2v) is 12.3. The molecule has 1 saturated carbocycles. The van der Waals surface area contributed by atoms with Crippen molar-refractivity contribution < 1.29 is 22.7 Å². The maximum atomic E-state index is 12.3. The first kappa shape index (κ1) is 26.0. The highest BCUT2D eigenvalue weighted by Crippen LogP contribution is 2.37. The summed E-state index contributed by atoms with van der Waals surface area (Å²) in [5.74, 6) is 2.02. The standard InChI is InChI=1S/C27H34N6O5S/c34-13-15-39(35,36)31-21-4-5-23-24(17-21)32-11-7-22(8-12-32)37-14-1-10-33(18-19-2-3-19)25-16-20(6-9-28-25)26-29-30-27(23)38-26/h4-6,9,16-17,19,22,31,34H,1-3,7-8,10-15,18H2. The van der Waals surface area contributed by atoms with Gasteiger partial charge in [0.25, 0.3) is 0 Å². The molecule has 11 nitrogen and oxygen atoms in total. The topological polar surface area (TPSA) is 134 Å². The van der Waals surface area contributed by atoms with Crippen molar-refractivity contribution in [1.82, 2.24) is 15.2 Å². The van der Waals surface area contributed by atoms with Gasteiger partial charge in [-0.25, -0.2) is 13.4 Å². The lowest BCUT2D eigenvalue weighted by Gasteiger charge is -2.34. The molecule has 0 unspecified atom stereocenters. The van der Waals surface area contributed by atoms with Crippen molar-refractivity contribution in [2.45, 2.75) is 38.2 Å². The Labute approximate surface area is 228 Å². The molecular formula is C27H34N6O5S. The maximum absolute atomic E-state index is 12.3. The highest BCUT2D eigenvalue weighted by Gasteiger charge is 2.27. The van der Waals surface area contributed by atoms with E-state index < -0.39 is 16.6 Å². The predicted octanol–water partition coefficient (Wildman–Crippen LogP) is 3.14. The van der Waals surface area contributed by atoms with Crippen molar-refractivity contribution in [3.05, 3.63) is 36.5 Å². The van der Waals surface area contributed by atoms with Gasteiger partial charge in [-0.3, -0.25) is 4.72 Å². The van der Waals surface area contributed by atoms with Crippen LogP contribution in [-0.4, -0.2) is 80.0 Å². The van der Waals surface area contributed by atoms with Crippen LogP contribution >= 0.6 is 0 Å². The summed E-state index contributed by atoms with van der Waals surface area (Å²) >= 11 is 0. The Morgan fingerprint density at radius 2 is 1.85 bits per heavy atom. The van der Waals surface area contributed by atoms with Gasteiger partial charge in [-0.2, -0.15) is 0 Å². The van der Waals surface area contributed by atoms with Crippen LogP contribution in [0.4, 0.5) is 17.2 Å². The molecule has 4 aliphatic rings. The average molecular weight is 555 g/mol. The number of aliphatic hydroxyl groups excluding tert-OH is 1. The Kier molecular flexibility index (Phi) is 7.41. The van der Waals surface area contributed by atoms with Crippen LogP contribution in [0.25, 0.3) is 22.9 Å². The monoisotopic (exact) mass is 554 g/mol. The van der Waals surface area contributed by atoms with E-state index in [0.717, 1.165) is 74.0 Å². The summed E-state index contributed by atoms with van der Waals surface area (Å²) in [7, 11) is -3.67. The van der Waals surface area contributed by atoms with E-state index in [1.807, 2.05) is 12.1 Å². The maximum Gasteiger partial charge on any atom is 0.250 e. The van der Waals surface area contributed by atoms with Gasteiger partial charge in [-0.05, 0) is 68.4 Å². The van der Waals surface area contributed by atoms with Crippen LogP contribution in [0.5, 0.6) is 0 Å². The number of aliphatic hydroxyl groups is 1. The summed E-state index contributed by atoms with van der Waals surface area (Å²) in [4.78, 5) is 9.21. The molecule has 0 atom stereocenters. The minimum Gasteiger partial charge on any atom is -0.416 e. The van der Waals surface area contributed by atoms with E-state index >= 15 is 0 Å². The largest absolute Gasteiger partial charge is 0.416 e. The summed E-state index contributed by atoms with van der Waals surface area (Å²) in [5.41, 5.74) is 2.76. The number of aromatic nitrogens is 3. The fourth-order valence-electron chi connectivity index (χ4n) is 5.24. The van der Waals surface area contributed by atoms with Crippen LogP contribution < -0.4 is 14.5 Å². The number of anilines is 3. The Balaban J connectivity index is 1.37. The highest BCUT2D eigenvalue weighted by atomic mass is 32.2.